The van der Waals surface area contributed by atoms with E-state index in [1.165, 1.54) is 11.8 Å². The molecule has 0 bridgehead atoms. The van der Waals surface area contributed by atoms with Crippen LogP contribution in [0.15, 0.2) is 46.4 Å². The van der Waals surface area contributed by atoms with E-state index in [1.807, 2.05) is 6.92 Å². The molecule has 0 aromatic carbocycles. The number of thioether (sulfide) groups is 1. The van der Waals surface area contributed by atoms with Crippen LogP contribution < -0.4 is 11.5 Å². The number of nitrogens with two attached hydrogens (primary N) is 2. The molecule has 0 aromatic rings. The lowest BCUT2D eigenvalue weighted by Gasteiger charge is -2.08. The summed E-state index contributed by atoms with van der Waals surface area (Å²) in [6.07, 6.45) is 7.07. The van der Waals surface area contributed by atoms with E-state index in [9.17, 15) is 4.79 Å². The molecular weight excluding hydrogens is 256 g/mol. The van der Waals surface area contributed by atoms with Crippen molar-refractivity contribution in [2.45, 2.75) is 12.3 Å². The van der Waals surface area contributed by atoms with Gasteiger partial charge in [0, 0.05) is 9.94 Å². The Balaban J connectivity index is 2.76. The quantitative estimate of drug-likeness (QED) is 0.770. The molecule has 1 aliphatic rings. The normalized spacial score (nSPS) is 25.1. The van der Waals surface area contributed by atoms with E-state index in [-0.39, 0.29) is 5.37 Å². The van der Waals surface area contributed by atoms with E-state index in [1.54, 1.807) is 24.3 Å². The molecule has 92 valence electrons. The highest BCUT2D eigenvalue weighted by Gasteiger charge is 2.29. The maximum Gasteiger partial charge on any atom is 0.226 e. The number of halogens is 1. The Morgan fingerprint density at radius 2 is 2.24 bits per heavy atom. The fourth-order valence-corrected chi connectivity index (χ4v) is 2.46. The van der Waals surface area contributed by atoms with Crippen LogP contribution in [0.4, 0.5) is 0 Å². The molecule has 1 rings (SSSR count). The van der Waals surface area contributed by atoms with Crippen LogP contribution in [0.5, 0.6) is 0 Å². The first kappa shape index (κ1) is 14.1. The van der Waals surface area contributed by atoms with Crippen molar-refractivity contribution >= 4 is 29.3 Å². The summed E-state index contributed by atoms with van der Waals surface area (Å²) >= 11 is 7.23. The summed E-state index contributed by atoms with van der Waals surface area (Å²) in [6, 6.07) is 0. The number of allylic oxidation sites excluding steroid dienone is 5. The molecule has 2 unspecified atom stereocenters. The van der Waals surface area contributed by atoms with Gasteiger partial charge in [-0.2, -0.15) is 0 Å². The molecule has 3 nitrogen and oxygen atoms in total. The molecule has 1 heterocycles. The smallest absolute Gasteiger partial charge is 0.226 e. The van der Waals surface area contributed by atoms with Gasteiger partial charge in [-0.3, -0.25) is 4.79 Å². The molecule has 0 aliphatic carbocycles. The predicted octanol–water partition coefficient (Wildman–Crippen LogP) is 2.26. The maximum atomic E-state index is 11.1. The monoisotopic (exact) mass is 270 g/mol. The summed E-state index contributed by atoms with van der Waals surface area (Å²) in [6.45, 7) is 5.75. The molecule has 0 aromatic heterocycles. The second-order valence-corrected chi connectivity index (χ2v) is 5.23. The van der Waals surface area contributed by atoms with Gasteiger partial charge < -0.3 is 11.5 Å². The number of carbonyl (C=O) groups excluding carboxylic acids is 1. The minimum atomic E-state index is -0.433. The van der Waals surface area contributed by atoms with Crippen molar-refractivity contribution in [3.05, 3.63) is 46.4 Å². The summed E-state index contributed by atoms with van der Waals surface area (Å²) < 4.78 is 0. The lowest BCUT2D eigenvalue weighted by atomic mass is 10.1. The summed E-state index contributed by atoms with van der Waals surface area (Å²) in [5.74, 6) is -0.847. The first-order valence-electron chi connectivity index (χ1n) is 5.08. The molecular formula is C12H15ClN2OS. The van der Waals surface area contributed by atoms with E-state index < -0.39 is 11.8 Å². The topological polar surface area (TPSA) is 69.1 Å². The Labute approximate surface area is 110 Å². The molecule has 2 atom stereocenters. The molecule has 5 heteroatoms. The van der Waals surface area contributed by atoms with Gasteiger partial charge in [0.15, 0.2) is 0 Å². The Morgan fingerprint density at radius 3 is 2.71 bits per heavy atom. The predicted molar refractivity (Wildman–Crippen MR) is 74.2 cm³/mol. The fraction of sp³-hybridized carbons (Fsp3) is 0.250. The molecule has 0 radical (unpaired) electrons. The Hall–Kier alpha value is -0.970. The van der Waals surface area contributed by atoms with Crippen LogP contribution in [0.3, 0.4) is 0 Å². The number of hydrogen-bond donors (Lipinski definition) is 2. The largest absolute Gasteiger partial charge is 0.369 e. The SMILES string of the molecule is C=C(/C=C\C(Cl)=C/C)C1=CC(C(N)=O)C(N)S1. The zero-order valence-corrected chi connectivity index (χ0v) is 11.1. The Kier molecular flexibility index (Phi) is 5.05. The van der Waals surface area contributed by atoms with Gasteiger partial charge in [-0.05, 0) is 18.6 Å². The van der Waals surface area contributed by atoms with Crippen molar-refractivity contribution in [2.24, 2.45) is 17.4 Å². The highest BCUT2D eigenvalue weighted by atomic mass is 35.5. The third kappa shape index (κ3) is 3.77. The average Bonchev–Trinajstić information content (AvgIpc) is 2.67. The Morgan fingerprint density at radius 1 is 1.59 bits per heavy atom. The van der Waals surface area contributed by atoms with Crippen molar-refractivity contribution in [1.29, 1.82) is 0 Å². The summed E-state index contributed by atoms with van der Waals surface area (Å²) in [5, 5.41) is 0.301. The van der Waals surface area contributed by atoms with E-state index in [0.717, 1.165) is 10.5 Å². The van der Waals surface area contributed by atoms with Gasteiger partial charge in [0.2, 0.25) is 5.91 Å². The van der Waals surface area contributed by atoms with Crippen LogP contribution in [0, 0.1) is 5.92 Å². The number of primary amides is 1. The number of amides is 1. The van der Waals surface area contributed by atoms with Gasteiger partial charge in [-0.15, -0.1) is 11.8 Å². The van der Waals surface area contributed by atoms with Gasteiger partial charge in [0.05, 0.1) is 11.3 Å². The maximum absolute atomic E-state index is 11.1. The highest BCUT2D eigenvalue weighted by Crippen LogP contribution is 2.37. The van der Waals surface area contributed by atoms with Gasteiger partial charge in [0.25, 0.3) is 0 Å². The number of rotatable bonds is 4. The molecule has 4 N–H and O–H groups in total. The third-order valence-electron chi connectivity index (χ3n) is 2.31. The van der Waals surface area contributed by atoms with Crippen molar-refractivity contribution in [3.63, 3.8) is 0 Å². The van der Waals surface area contributed by atoms with Gasteiger partial charge >= 0.3 is 0 Å². The highest BCUT2D eigenvalue weighted by molar-refractivity contribution is 8.04. The summed E-state index contributed by atoms with van der Waals surface area (Å²) in [4.78, 5) is 12.0. The van der Waals surface area contributed by atoms with Crippen LogP contribution in [0.25, 0.3) is 0 Å². The molecule has 1 aliphatic heterocycles. The Bertz CT molecular complexity index is 426. The minimum Gasteiger partial charge on any atom is -0.369 e. The summed E-state index contributed by atoms with van der Waals surface area (Å²) in [5.41, 5.74) is 11.8. The minimum absolute atomic E-state index is 0.329. The lowest BCUT2D eigenvalue weighted by Crippen LogP contribution is -2.33. The second-order valence-electron chi connectivity index (χ2n) is 3.57. The van der Waals surface area contributed by atoms with E-state index in [0.29, 0.717) is 5.03 Å². The van der Waals surface area contributed by atoms with Crippen LogP contribution in [-0.2, 0) is 4.79 Å². The molecule has 0 saturated carbocycles. The number of hydrogen-bond acceptors (Lipinski definition) is 3. The third-order valence-corrected chi connectivity index (χ3v) is 3.87. The van der Waals surface area contributed by atoms with Crippen molar-refractivity contribution < 1.29 is 4.79 Å². The van der Waals surface area contributed by atoms with Gasteiger partial charge in [-0.1, -0.05) is 36.4 Å². The molecule has 1 amide bonds. The average molecular weight is 271 g/mol. The molecule has 17 heavy (non-hydrogen) atoms. The summed E-state index contributed by atoms with van der Waals surface area (Å²) in [7, 11) is 0. The second kappa shape index (κ2) is 6.10. The van der Waals surface area contributed by atoms with Crippen LogP contribution >= 0.6 is 23.4 Å². The van der Waals surface area contributed by atoms with Crippen molar-refractivity contribution in [3.8, 4) is 0 Å². The van der Waals surface area contributed by atoms with Crippen LogP contribution in [0.2, 0.25) is 0 Å². The van der Waals surface area contributed by atoms with Crippen LogP contribution in [0.1, 0.15) is 6.92 Å². The van der Waals surface area contributed by atoms with Gasteiger partial charge in [-0.25, -0.2) is 0 Å². The lowest BCUT2D eigenvalue weighted by molar-refractivity contribution is -0.120. The van der Waals surface area contributed by atoms with E-state index in [2.05, 4.69) is 6.58 Å². The van der Waals surface area contributed by atoms with E-state index >= 15 is 0 Å². The first-order valence-corrected chi connectivity index (χ1v) is 6.34. The molecule has 0 spiro atoms. The molecule has 0 saturated heterocycles. The van der Waals surface area contributed by atoms with Gasteiger partial charge in [0.1, 0.15) is 0 Å². The fourth-order valence-electron chi connectivity index (χ4n) is 1.30. The molecule has 0 fully saturated rings. The standard InChI is InChI=1S/C12H15ClN2OS/c1-3-8(13)5-4-7(2)10-6-9(11(14)16)12(15)17-10/h3-6,9,12H,2,15H2,1H3,(H2,14,16)/b5-4-,8-3+. The van der Waals surface area contributed by atoms with E-state index in [4.69, 9.17) is 23.1 Å². The zero-order valence-electron chi connectivity index (χ0n) is 9.52. The van der Waals surface area contributed by atoms with Crippen molar-refractivity contribution in [2.75, 3.05) is 0 Å². The van der Waals surface area contributed by atoms with Crippen molar-refractivity contribution in [1.82, 2.24) is 0 Å². The zero-order chi connectivity index (χ0) is 13.0. The number of carbonyl (C=O) groups is 1. The first-order chi connectivity index (χ1) is 7.95. The van der Waals surface area contributed by atoms with Crippen LogP contribution in [-0.4, -0.2) is 11.3 Å².